The topological polar surface area (TPSA) is 67.2 Å². The molecule has 0 aromatic carbocycles. The van der Waals surface area contributed by atoms with E-state index in [4.69, 9.17) is 10.00 Å². The van der Waals surface area contributed by atoms with Gasteiger partial charge < -0.3 is 4.74 Å². The molecule has 0 fully saturated rings. The van der Waals surface area contributed by atoms with Crippen LogP contribution in [0.2, 0.25) is 0 Å². The summed E-state index contributed by atoms with van der Waals surface area (Å²) in [6.07, 6.45) is -0.272. The summed E-state index contributed by atoms with van der Waals surface area (Å²) in [6.45, 7) is 8.14. The molecule has 4 nitrogen and oxygen atoms in total. The lowest BCUT2D eigenvalue weighted by molar-refractivity contribution is -0.168. The Balaban J connectivity index is 4.68. The smallest absolute Gasteiger partial charge is 0.319 e. The molecule has 0 spiro atoms. The first-order valence-electron chi connectivity index (χ1n) is 4.75. The van der Waals surface area contributed by atoms with Crippen molar-refractivity contribution in [2.45, 2.75) is 46.6 Å². The van der Waals surface area contributed by atoms with Crippen molar-refractivity contribution >= 4 is 11.8 Å². The lowest BCUT2D eigenvalue weighted by Gasteiger charge is -2.26. The normalized spacial score (nSPS) is 11.7. The van der Waals surface area contributed by atoms with Crippen molar-refractivity contribution in [1.82, 2.24) is 0 Å². The van der Waals surface area contributed by atoms with Gasteiger partial charge in [0.25, 0.3) is 0 Å². The number of nitriles is 1. The van der Waals surface area contributed by atoms with Gasteiger partial charge in [0.15, 0.2) is 5.78 Å². The molecule has 15 heavy (non-hydrogen) atoms. The van der Waals surface area contributed by atoms with E-state index in [0.717, 1.165) is 0 Å². The van der Waals surface area contributed by atoms with Gasteiger partial charge in [0.1, 0.15) is 11.0 Å². The molecular formula is C11H17NO3. The number of ketones is 1. The molecule has 4 heteroatoms. The fourth-order valence-corrected chi connectivity index (χ4v) is 0.812. The Morgan fingerprint density at radius 1 is 1.20 bits per heavy atom. The van der Waals surface area contributed by atoms with Gasteiger partial charge in [0.05, 0.1) is 12.5 Å². The Hall–Kier alpha value is -1.37. The number of nitrogens with zero attached hydrogens (tertiary/aromatic N) is 1. The number of rotatable bonds is 3. The molecule has 0 rings (SSSR count). The molecule has 0 amide bonds. The third-order valence-electron chi connectivity index (χ3n) is 1.85. The quantitative estimate of drug-likeness (QED) is 0.527. The largest absolute Gasteiger partial charge is 0.459 e. The maximum Gasteiger partial charge on any atom is 0.319 e. The van der Waals surface area contributed by atoms with Crippen LogP contribution in [0.5, 0.6) is 0 Å². The summed E-state index contributed by atoms with van der Waals surface area (Å²) >= 11 is 0. The Morgan fingerprint density at radius 3 is 2.00 bits per heavy atom. The number of ether oxygens (including phenoxy) is 1. The standard InChI is InChI=1S/C11H17NO3/c1-10(2,3)15-9(14)11(4,5)8(13)6-7-12/h6H2,1-5H3. The second-order valence-electron chi connectivity index (χ2n) is 4.88. The van der Waals surface area contributed by atoms with Crippen molar-refractivity contribution < 1.29 is 14.3 Å². The molecule has 0 radical (unpaired) electrons. The van der Waals surface area contributed by atoms with E-state index in [1.807, 2.05) is 0 Å². The van der Waals surface area contributed by atoms with Crippen LogP contribution in [0.15, 0.2) is 0 Å². The zero-order valence-corrected chi connectivity index (χ0v) is 9.88. The minimum Gasteiger partial charge on any atom is -0.459 e. The molecule has 0 aromatic heterocycles. The second kappa shape index (κ2) is 4.43. The van der Waals surface area contributed by atoms with Gasteiger partial charge in [-0.3, -0.25) is 9.59 Å². The molecule has 0 saturated heterocycles. The molecule has 0 aromatic rings. The van der Waals surface area contributed by atoms with Gasteiger partial charge in [-0.05, 0) is 34.6 Å². The van der Waals surface area contributed by atoms with Gasteiger partial charge >= 0.3 is 5.97 Å². The number of hydrogen-bond donors (Lipinski definition) is 0. The summed E-state index contributed by atoms with van der Waals surface area (Å²) in [6, 6.07) is 1.73. The van der Waals surface area contributed by atoms with Gasteiger partial charge in [-0.15, -0.1) is 0 Å². The van der Waals surface area contributed by atoms with E-state index in [9.17, 15) is 9.59 Å². The summed E-state index contributed by atoms with van der Waals surface area (Å²) in [5.74, 6) is -1.01. The van der Waals surface area contributed by atoms with Gasteiger partial charge in [0, 0.05) is 0 Å². The third-order valence-corrected chi connectivity index (χ3v) is 1.85. The van der Waals surface area contributed by atoms with E-state index in [-0.39, 0.29) is 6.42 Å². The van der Waals surface area contributed by atoms with Gasteiger partial charge in [-0.2, -0.15) is 5.26 Å². The summed E-state index contributed by atoms with van der Waals surface area (Å²) < 4.78 is 5.10. The Kier molecular flexibility index (Phi) is 4.03. The lowest BCUT2D eigenvalue weighted by Crippen LogP contribution is -2.39. The average Bonchev–Trinajstić information content (AvgIpc) is 2.01. The van der Waals surface area contributed by atoms with Crippen LogP contribution in [0.4, 0.5) is 0 Å². The molecular weight excluding hydrogens is 194 g/mol. The predicted octanol–water partition coefficient (Wildman–Crippen LogP) is 1.84. The first-order chi connectivity index (χ1) is 6.61. The molecule has 0 N–H and O–H groups in total. The SMILES string of the molecule is CC(C)(C)OC(=O)C(C)(C)C(=O)CC#N. The highest BCUT2D eigenvalue weighted by molar-refractivity contribution is 6.03. The van der Waals surface area contributed by atoms with Crippen LogP contribution in [-0.4, -0.2) is 17.4 Å². The van der Waals surface area contributed by atoms with Crippen molar-refractivity contribution in [3.8, 4) is 6.07 Å². The summed E-state index contributed by atoms with van der Waals surface area (Å²) in [5, 5.41) is 8.39. The van der Waals surface area contributed by atoms with Crippen molar-refractivity contribution in [2.75, 3.05) is 0 Å². The van der Waals surface area contributed by atoms with E-state index < -0.39 is 22.8 Å². The van der Waals surface area contributed by atoms with E-state index >= 15 is 0 Å². The molecule has 0 bridgehead atoms. The van der Waals surface area contributed by atoms with Gasteiger partial charge in [-0.25, -0.2) is 0 Å². The number of carbonyl (C=O) groups excluding carboxylic acids is 2. The summed E-state index contributed by atoms with van der Waals surface area (Å²) in [4.78, 5) is 23.1. The number of esters is 1. The predicted molar refractivity (Wildman–Crippen MR) is 54.9 cm³/mol. The Labute approximate surface area is 90.2 Å². The molecule has 0 saturated carbocycles. The third kappa shape index (κ3) is 4.11. The molecule has 0 heterocycles. The molecule has 0 atom stereocenters. The van der Waals surface area contributed by atoms with Crippen molar-refractivity contribution in [2.24, 2.45) is 5.41 Å². The van der Waals surface area contributed by atoms with Crippen LogP contribution in [0, 0.1) is 16.7 Å². The highest BCUT2D eigenvalue weighted by Crippen LogP contribution is 2.23. The van der Waals surface area contributed by atoms with Crippen LogP contribution < -0.4 is 0 Å². The zero-order chi connectivity index (χ0) is 12.3. The van der Waals surface area contributed by atoms with E-state index in [1.54, 1.807) is 26.8 Å². The summed E-state index contributed by atoms with van der Waals surface area (Å²) in [5.41, 5.74) is -1.87. The van der Waals surface area contributed by atoms with Crippen molar-refractivity contribution in [3.63, 3.8) is 0 Å². The van der Waals surface area contributed by atoms with E-state index in [2.05, 4.69) is 0 Å². The van der Waals surface area contributed by atoms with E-state index in [1.165, 1.54) is 13.8 Å². The Morgan fingerprint density at radius 2 is 1.67 bits per heavy atom. The van der Waals surface area contributed by atoms with Crippen LogP contribution in [-0.2, 0) is 14.3 Å². The van der Waals surface area contributed by atoms with Crippen LogP contribution in [0.1, 0.15) is 41.0 Å². The molecule has 0 aliphatic rings. The monoisotopic (exact) mass is 211 g/mol. The van der Waals surface area contributed by atoms with Crippen molar-refractivity contribution in [3.05, 3.63) is 0 Å². The maximum absolute atomic E-state index is 11.6. The number of Topliss-reactive ketones (excluding diaryl/α,β-unsaturated/α-hetero) is 1. The van der Waals surface area contributed by atoms with Gasteiger partial charge in [-0.1, -0.05) is 0 Å². The lowest BCUT2D eigenvalue weighted by atomic mass is 9.86. The number of hydrogen-bond acceptors (Lipinski definition) is 4. The first-order valence-corrected chi connectivity index (χ1v) is 4.75. The minimum absolute atomic E-state index is 0.272. The molecule has 0 aliphatic carbocycles. The fraction of sp³-hybridized carbons (Fsp3) is 0.727. The van der Waals surface area contributed by atoms with Crippen LogP contribution in [0.3, 0.4) is 0 Å². The summed E-state index contributed by atoms with van der Waals surface area (Å²) in [7, 11) is 0. The first kappa shape index (κ1) is 13.6. The van der Waals surface area contributed by atoms with E-state index in [0.29, 0.717) is 0 Å². The maximum atomic E-state index is 11.6. The number of carbonyl (C=O) groups is 2. The van der Waals surface area contributed by atoms with Crippen molar-refractivity contribution in [1.29, 1.82) is 5.26 Å². The second-order valence-corrected chi connectivity index (χ2v) is 4.88. The molecule has 84 valence electrons. The van der Waals surface area contributed by atoms with Crippen LogP contribution >= 0.6 is 0 Å². The average molecular weight is 211 g/mol. The highest BCUT2D eigenvalue weighted by atomic mass is 16.6. The highest BCUT2D eigenvalue weighted by Gasteiger charge is 2.38. The molecule has 0 unspecified atom stereocenters. The van der Waals surface area contributed by atoms with Crippen LogP contribution in [0.25, 0.3) is 0 Å². The fourth-order valence-electron chi connectivity index (χ4n) is 0.812. The zero-order valence-electron chi connectivity index (χ0n) is 9.88. The van der Waals surface area contributed by atoms with Gasteiger partial charge in [0.2, 0.25) is 0 Å². The minimum atomic E-state index is -1.25. The Bertz CT molecular complexity index is 305. The molecule has 0 aliphatic heterocycles.